The van der Waals surface area contributed by atoms with E-state index in [2.05, 4.69) is 34.2 Å². The van der Waals surface area contributed by atoms with Crippen LogP contribution in [0, 0.1) is 0 Å². The van der Waals surface area contributed by atoms with Gasteiger partial charge in [-0.25, -0.2) is 0 Å². The van der Waals surface area contributed by atoms with Crippen molar-refractivity contribution in [3.8, 4) is 5.75 Å². The molecule has 0 aliphatic heterocycles. The SMILES string of the molecule is CCCNCc1cc(Br)ccc1OC1CCCCC1O. The molecule has 112 valence electrons. The minimum absolute atomic E-state index is 0.0603. The smallest absolute Gasteiger partial charge is 0.124 e. The van der Waals surface area contributed by atoms with Gasteiger partial charge < -0.3 is 15.2 Å². The number of ether oxygens (including phenoxy) is 1. The van der Waals surface area contributed by atoms with Crippen LogP contribution >= 0.6 is 15.9 Å². The molecule has 0 radical (unpaired) electrons. The van der Waals surface area contributed by atoms with Gasteiger partial charge in [0.2, 0.25) is 0 Å². The molecule has 3 nitrogen and oxygen atoms in total. The van der Waals surface area contributed by atoms with E-state index in [0.717, 1.165) is 61.0 Å². The number of rotatable bonds is 6. The lowest BCUT2D eigenvalue weighted by Gasteiger charge is -2.29. The first kappa shape index (κ1) is 15.8. The maximum atomic E-state index is 10.0. The molecule has 1 aromatic rings. The predicted octanol–water partition coefficient (Wildman–Crippen LogP) is 3.63. The Labute approximate surface area is 129 Å². The Morgan fingerprint density at radius 1 is 1.35 bits per heavy atom. The fourth-order valence-corrected chi connectivity index (χ4v) is 2.99. The van der Waals surface area contributed by atoms with Gasteiger partial charge in [0.25, 0.3) is 0 Å². The molecular weight excluding hydrogens is 318 g/mol. The van der Waals surface area contributed by atoms with Crippen molar-refractivity contribution < 1.29 is 9.84 Å². The fraction of sp³-hybridized carbons (Fsp3) is 0.625. The van der Waals surface area contributed by atoms with Crippen molar-refractivity contribution in [3.05, 3.63) is 28.2 Å². The van der Waals surface area contributed by atoms with Gasteiger partial charge in [-0.2, -0.15) is 0 Å². The molecule has 0 amide bonds. The first-order valence-corrected chi connectivity index (χ1v) is 8.34. The third-order valence-electron chi connectivity index (χ3n) is 3.71. The Balaban J connectivity index is 2.05. The normalized spacial score (nSPS) is 22.8. The molecule has 2 rings (SSSR count). The van der Waals surface area contributed by atoms with Crippen LogP contribution in [0.3, 0.4) is 0 Å². The summed E-state index contributed by atoms with van der Waals surface area (Å²) >= 11 is 3.51. The summed E-state index contributed by atoms with van der Waals surface area (Å²) in [4.78, 5) is 0. The lowest BCUT2D eigenvalue weighted by atomic mass is 9.95. The van der Waals surface area contributed by atoms with Crippen LogP contribution in [0.25, 0.3) is 0 Å². The first-order valence-electron chi connectivity index (χ1n) is 7.54. The number of hydrogen-bond donors (Lipinski definition) is 2. The van der Waals surface area contributed by atoms with E-state index in [1.165, 1.54) is 0 Å². The summed E-state index contributed by atoms with van der Waals surface area (Å²) in [6, 6.07) is 6.08. The number of hydrogen-bond acceptors (Lipinski definition) is 3. The van der Waals surface area contributed by atoms with Crippen LogP contribution in [0.1, 0.15) is 44.6 Å². The quantitative estimate of drug-likeness (QED) is 0.776. The maximum Gasteiger partial charge on any atom is 0.124 e. The number of aliphatic hydroxyl groups excluding tert-OH is 1. The summed E-state index contributed by atoms with van der Waals surface area (Å²) < 4.78 is 7.13. The second kappa shape index (κ2) is 8.01. The highest BCUT2D eigenvalue weighted by Crippen LogP contribution is 2.28. The van der Waals surface area contributed by atoms with E-state index in [0.29, 0.717) is 0 Å². The third-order valence-corrected chi connectivity index (χ3v) is 4.20. The third kappa shape index (κ3) is 4.47. The Kier molecular flexibility index (Phi) is 6.33. The number of aliphatic hydroxyl groups is 1. The summed E-state index contributed by atoms with van der Waals surface area (Å²) in [6.45, 7) is 3.95. The highest BCUT2D eigenvalue weighted by Gasteiger charge is 2.25. The van der Waals surface area contributed by atoms with Crippen LogP contribution in [0.2, 0.25) is 0 Å². The summed E-state index contributed by atoms with van der Waals surface area (Å²) in [5, 5.41) is 13.4. The molecule has 1 fully saturated rings. The molecule has 0 spiro atoms. The van der Waals surface area contributed by atoms with Crippen LogP contribution in [0.15, 0.2) is 22.7 Å². The zero-order valence-corrected chi connectivity index (χ0v) is 13.7. The molecule has 1 aliphatic carbocycles. The van der Waals surface area contributed by atoms with Crippen molar-refractivity contribution in [1.29, 1.82) is 0 Å². The van der Waals surface area contributed by atoms with Crippen LogP contribution in [-0.4, -0.2) is 23.9 Å². The molecule has 2 N–H and O–H groups in total. The zero-order chi connectivity index (χ0) is 14.4. The van der Waals surface area contributed by atoms with Gasteiger partial charge in [-0.05, 0) is 50.4 Å². The largest absolute Gasteiger partial charge is 0.487 e. The molecule has 0 saturated heterocycles. The Hall–Kier alpha value is -0.580. The van der Waals surface area contributed by atoms with E-state index in [4.69, 9.17) is 4.74 Å². The minimum Gasteiger partial charge on any atom is -0.487 e. The van der Waals surface area contributed by atoms with E-state index in [9.17, 15) is 5.11 Å². The van der Waals surface area contributed by atoms with Gasteiger partial charge in [0.05, 0.1) is 6.10 Å². The molecule has 4 heteroatoms. The van der Waals surface area contributed by atoms with Crippen LogP contribution < -0.4 is 10.1 Å². The molecule has 1 saturated carbocycles. The van der Waals surface area contributed by atoms with Crippen molar-refractivity contribution in [2.24, 2.45) is 0 Å². The van der Waals surface area contributed by atoms with Gasteiger partial charge in [-0.1, -0.05) is 29.3 Å². The lowest BCUT2D eigenvalue weighted by molar-refractivity contribution is 0.00635. The molecule has 1 aliphatic rings. The number of benzene rings is 1. The standard InChI is InChI=1S/C16H24BrNO2/c1-2-9-18-11-12-10-13(17)7-8-15(12)20-16-6-4-3-5-14(16)19/h7-8,10,14,16,18-19H,2-6,9,11H2,1H3. The first-order chi connectivity index (χ1) is 9.70. The number of nitrogens with one attached hydrogen (secondary N) is 1. The molecule has 0 heterocycles. The lowest BCUT2D eigenvalue weighted by Crippen LogP contribution is -2.35. The molecule has 0 aromatic heterocycles. The van der Waals surface area contributed by atoms with Crippen molar-refractivity contribution in [1.82, 2.24) is 5.32 Å². The summed E-state index contributed by atoms with van der Waals surface area (Å²) in [5.74, 6) is 0.891. The molecule has 20 heavy (non-hydrogen) atoms. The average Bonchev–Trinajstić information content (AvgIpc) is 2.44. The Morgan fingerprint density at radius 2 is 2.15 bits per heavy atom. The molecule has 1 aromatic carbocycles. The van der Waals surface area contributed by atoms with E-state index in [-0.39, 0.29) is 12.2 Å². The van der Waals surface area contributed by atoms with Gasteiger partial charge in [-0.3, -0.25) is 0 Å². The van der Waals surface area contributed by atoms with Crippen molar-refractivity contribution >= 4 is 15.9 Å². The predicted molar refractivity (Wildman–Crippen MR) is 85.0 cm³/mol. The summed E-state index contributed by atoms with van der Waals surface area (Å²) in [6.07, 6.45) is 4.77. The molecular formula is C16H24BrNO2. The Morgan fingerprint density at radius 3 is 2.90 bits per heavy atom. The highest BCUT2D eigenvalue weighted by molar-refractivity contribution is 9.10. The second-order valence-electron chi connectivity index (χ2n) is 5.44. The summed E-state index contributed by atoms with van der Waals surface area (Å²) in [5.41, 5.74) is 1.14. The van der Waals surface area contributed by atoms with E-state index in [1.807, 2.05) is 12.1 Å². The molecule has 2 atom stereocenters. The minimum atomic E-state index is -0.330. The summed E-state index contributed by atoms with van der Waals surface area (Å²) in [7, 11) is 0. The van der Waals surface area contributed by atoms with Gasteiger partial charge in [-0.15, -0.1) is 0 Å². The van der Waals surface area contributed by atoms with Crippen molar-refractivity contribution in [2.45, 2.75) is 57.8 Å². The highest BCUT2D eigenvalue weighted by atomic mass is 79.9. The molecule has 0 bridgehead atoms. The van der Waals surface area contributed by atoms with Crippen LogP contribution in [0.5, 0.6) is 5.75 Å². The maximum absolute atomic E-state index is 10.0. The van der Waals surface area contributed by atoms with Gasteiger partial charge in [0.1, 0.15) is 11.9 Å². The van der Waals surface area contributed by atoms with E-state index in [1.54, 1.807) is 0 Å². The van der Waals surface area contributed by atoms with Gasteiger partial charge in [0, 0.05) is 16.6 Å². The fourth-order valence-electron chi connectivity index (χ4n) is 2.58. The second-order valence-corrected chi connectivity index (χ2v) is 6.35. The van der Waals surface area contributed by atoms with E-state index >= 15 is 0 Å². The number of halogens is 1. The molecule has 2 unspecified atom stereocenters. The van der Waals surface area contributed by atoms with Gasteiger partial charge >= 0.3 is 0 Å². The van der Waals surface area contributed by atoms with Crippen LogP contribution in [-0.2, 0) is 6.54 Å². The van der Waals surface area contributed by atoms with Crippen molar-refractivity contribution in [3.63, 3.8) is 0 Å². The monoisotopic (exact) mass is 341 g/mol. The van der Waals surface area contributed by atoms with E-state index < -0.39 is 0 Å². The van der Waals surface area contributed by atoms with Crippen LogP contribution in [0.4, 0.5) is 0 Å². The zero-order valence-electron chi connectivity index (χ0n) is 12.1. The topological polar surface area (TPSA) is 41.5 Å². The Bertz CT molecular complexity index is 425. The average molecular weight is 342 g/mol. The van der Waals surface area contributed by atoms with Gasteiger partial charge in [0.15, 0.2) is 0 Å². The van der Waals surface area contributed by atoms with Crippen molar-refractivity contribution in [2.75, 3.05) is 6.54 Å².